The Morgan fingerprint density at radius 2 is 1.84 bits per heavy atom. The minimum absolute atomic E-state index is 0.0591. The summed E-state index contributed by atoms with van der Waals surface area (Å²) in [5, 5.41) is 11.2. The van der Waals surface area contributed by atoms with Gasteiger partial charge < -0.3 is 10.4 Å². The maximum absolute atomic E-state index is 11.7. The van der Waals surface area contributed by atoms with E-state index in [9.17, 15) is 18.0 Å². The fourth-order valence-electron chi connectivity index (χ4n) is 1.42. The third-order valence-electron chi connectivity index (χ3n) is 2.65. The summed E-state index contributed by atoms with van der Waals surface area (Å²) in [5.41, 5.74) is -0.688. The maximum atomic E-state index is 11.7. The van der Waals surface area contributed by atoms with Crippen molar-refractivity contribution in [2.45, 2.75) is 39.2 Å². The van der Waals surface area contributed by atoms with Crippen LogP contribution in [-0.2, 0) is 19.6 Å². The number of carboxylic acids is 1. The number of carbonyl (C=O) groups is 2. The first kappa shape index (κ1) is 17.8. The lowest BCUT2D eigenvalue weighted by atomic mass is 9.98. The maximum Gasteiger partial charge on any atom is 0.303 e. The Morgan fingerprint density at radius 1 is 1.32 bits per heavy atom. The second-order valence-corrected chi connectivity index (χ2v) is 7.35. The molecule has 0 unspecified atom stereocenters. The number of nitrogens with zero attached hydrogens (tertiary/aromatic N) is 1. The summed E-state index contributed by atoms with van der Waals surface area (Å²) < 4.78 is 23.9. The first-order valence-electron chi connectivity index (χ1n) is 5.97. The topological polar surface area (TPSA) is 104 Å². The number of carbonyl (C=O) groups excluding carboxylic acids is 1. The van der Waals surface area contributed by atoms with Crippen molar-refractivity contribution in [3.63, 3.8) is 0 Å². The monoisotopic (exact) mass is 294 g/mol. The molecule has 8 heteroatoms. The highest BCUT2D eigenvalue weighted by Crippen LogP contribution is 2.11. The summed E-state index contributed by atoms with van der Waals surface area (Å²) in [7, 11) is -2.06. The number of likely N-dealkylation sites (N-methyl/N-ethyl adjacent to an activating group) is 1. The highest BCUT2D eigenvalue weighted by molar-refractivity contribution is 7.89. The van der Waals surface area contributed by atoms with Crippen LogP contribution in [0.1, 0.15) is 33.6 Å². The second-order valence-electron chi connectivity index (χ2n) is 4.98. The summed E-state index contributed by atoms with van der Waals surface area (Å²) in [6.07, 6.45) is 0.217. The number of hydrogen-bond donors (Lipinski definition) is 2. The zero-order chi connectivity index (χ0) is 15.3. The van der Waals surface area contributed by atoms with Crippen molar-refractivity contribution in [1.82, 2.24) is 9.62 Å². The van der Waals surface area contributed by atoms with Crippen molar-refractivity contribution >= 4 is 21.9 Å². The van der Waals surface area contributed by atoms with Gasteiger partial charge in [-0.3, -0.25) is 9.59 Å². The molecule has 19 heavy (non-hydrogen) atoms. The minimum atomic E-state index is -3.40. The first-order valence-corrected chi connectivity index (χ1v) is 7.58. The summed E-state index contributed by atoms with van der Waals surface area (Å²) in [6, 6.07) is 0. The van der Waals surface area contributed by atoms with Crippen molar-refractivity contribution in [2.75, 3.05) is 19.3 Å². The van der Waals surface area contributed by atoms with Gasteiger partial charge in [-0.15, -0.1) is 0 Å². The molecule has 0 aromatic rings. The smallest absolute Gasteiger partial charge is 0.303 e. The lowest BCUT2D eigenvalue weighted by Crippen LogP contribution is -2.48. The molecule has 0 fully saturated rings. The normalized spacial score (nSPS) is 12.5. The zero-order valence-electron chi connectivity index (χ0n) is 11.8. The molecule has 112 valence electrons. The van der Waals surface area contributed by atoms with Crippen LogP contribution in [0.2, 0.25) is 0 Å². The Labute approximate surface area is 114 Å². The van der Waals surface area contributed by atoms with Crippen LogP contribution in [0, 0.1) is 0 Å². The van der Waals surface area contributed by atoms with Gasteiger partial charge in [0.1, 0.15) is 0 Å². The molecule has 0 aromatic carbocycles. The summed E-state index contributed by atoms with van der Waals surface area (Å²) in [5.74, 6) is -1.46. The van der Waals surface area contributed by atoms with E-state index in [1.54, 1.807) is 13.8 Å². The molecular formula is C11H22N2O5S. The van der Waals surface area contributed by atoms with Crippen LogP contribution in [0.25, 0.3) is 0 Å². The molecule has 0 radical (unpaired) electrons. The lowest BCUT2D eigenvalue weighted by molar-refractivity contribution is -0.137. The molecular weight excluding hydrogens is 272 g/mol. The Hall–Kier alpha value is -1.15. The van der Waals surface area contributed by atoms with Crippen molar-refractivity contribution in [1.29, 1.82) is 0 Å². The van der Waals surface area contributed by atoms with Crippen molar-refractivity contribution in [3.05, 3.63) is 0 Å². The Bertz CT molecular complexity index is 430. The van der Waals surface area contributed by atoms with E-state index in [0.29, 0.717) is 0 Å². The summed E-state index contributed by atoms with van der Waals surface area (Å²) in [6.45, 7) is 4.62. The molecule has 2 N–H and O–H groups in total. The predicted molar refractivity (Wildman–Crippen MR) is 71.2 cm³/mol. The van der Waals surface area contributed by atoms with E-state index in [1.807, 2.05) is 0 Å². The van der Waals surface area contributed by atoms with E-state index in [-0.39, 0.29) is 25.1 Å². The van der Waals surface area contributed by atoms with E-state index >= 15 is 0 Å². The number of rotatable bonds is 8. The molecule has 0 aliphatic rings. The van der Waals surface area contributed by atoms with Gasteiger partial charge >= 0.3 is 5.97 Å². The molecule has 0 aliphatic heterocycles. The third-order valence-corrected chi connectivity index (χ3v) is 4.46. The molecule has 0 heterocycles. The molecule has 7 nitrogen and oxygen atoms in total. The summed E-state index contributed by atoms with van der Waals surface area (Å²) in [4.78, 5) is 22.2. The van der Waals surface area contributed by atoms with Crippen LogP contribution in [0.15, 0.2) is 0 Å². The number of amides is 1. The van der Waals surface area contributed by atoms with Gasteiger partial charge in [0, 0.05) is 19.0 Å². The molecule has 0 aliphatic carbocycles. The molecule has 0 saturated carbocycles. The number of carboxylic acid groups (broad SMARTS) is 1. The van der Waals surface area contributed by atoms with E-state index in [2.05, 4.69) is 5.32 Å². The van der Waals surface area contributed by atoms with Gasteiger partial charge in [0.05, 0.1) is 12.3 Å². The fraction of sp³-hybridized carbons (Fsp3) is 0.818. The average Bonchev–Trinajstić information content (AvgIpc) is 2.25. The number of aliphatic carboxylic acids is 1. The Kier molecular flexibility index (Phi) is 6.44. The number of sulfonamides is 1. The van der Waals surface area contributed by atoms with Gasteiger partial charge in [0.2, 0.25) is 15.9 Å². The first-order chi connectivity index (χ1) is 8.50. The molecule has 1 amide bonds. The van der Waals surface area contributed by atoms with Gasteiger partial charge in [0.15, 0.2) is 0 Å². The van der Waals surface area contributed by atoms with Crippen LogP contribution < -0.4 is 5.32 Å². The average molecular weight is 294 g/mol. The lowest BCUT2D eigenvalue weighted by Gasteiger charge is -2.27. The van der Waals surface area contributed by atoms with E-state index in [1.165, 1.54) is 14.0 Å². The van der Waals surface area contributed by atoms with Crippen molar-refractivity contribution < 1.29 is 23.1 Å². The van der Waals surface area contributed by atoms with Crippen molar-refractivity contribution in [2.24, 2.45) is 0 Å². The van der Waals surface area contributed by atoms with Crippen LogP contribution in [0.4, 0.5) is 0 Å². The Morgan fingerprint density at radius 3 is 2.26 bits per heavy atom. The predicted octanol–water partition coefficient (Wildman–Crippen LogP) is 0.0275. The van der Waals surface area contributed by atoms with Gasteiger partial charge in [-0.1, -0.05) is 0 Å². The van der Waals surface area contributed by atoms with E-state index < -0.39 is 27.4 Å². The van der Waals surface area contributed by atoms with Crippen LogP contribution in [0.3, 0.4) is 0 Å². The van der Waals surface area contributed by atoms with Gasteiger partial charge in [-0.2, -0.15) is 4.31 Å². The Balaban J connectivity index is 4.42. The molecule has 0 rings (SSSR count). The van der Waals surface area contributed by atoms with Crippen LogP contribution in [-0.4, -0.2) is 54.6 Å². The largest absolute Gasteiger partial charge is 0.481 e. The summed E-state index contributed by atoms with van der Waals surface area (Å²) >= 11 is 0. The molecule has 0 spiro atoms. The zero-order valence-corrected chi connectivity index (χ0v) is 12.6. The minimum Gasteiger partial charge on any atom is -0.481 e. The molecule has 0 saturated heterocycles. The number of nitrogens with one attached hydrogen (secondary N) is 1. The third kappa shape index (κ3) is 7.12. The van der Waals surface area contributed by atoms with E-state index in [0.717, 1.165) is 4.31 Å². The number of hydrogen-bond acceptors (Lipinski definition) is 4. The quantitative estimate of drug-likeness (QED) is 0.657. The van der Waals surface area contributed by atoms with Gasteiger partial charge in [-0.25, -0.2) is 8.42 Å². The molecule has 0 aromatic heterocycles. The SMILES string of the molecule is CCS(=O)(=O)N(C)CC(=O)NC(C)(C)CCC(=O)O. The second kappa shape index (κ2) is 6.85. The van der Waals surface area contributed by atoms with Gasteiger partial charge in [-0.05, 0) is 27.2 Å². The van der Waals surface area contributed by atoms with Crippen LogP contribution >= 0.6 is 0 Å². The van der Waals surface area contributed by atoms with Crippen molar-refractivity contribution in [3.8, 4) is 0 Å². The highest BCUT2D eigenvalue weighted by Gasteiger charge is 2.24. The van der Waals surface area contributed by atoms with Gasteiger partial charge in [0.25, 0.3) is 0 Å². The standard InChI is InChI=1S/C11H22N2O5S/c1-5-19(17,18)13(4)8-9(14)12-11(2,3)7-6-10(15)16/h5-8H2,1-4H3,(H,12,14)(H,15,16). The van der Waals surface area contributed by atoms with Crippen LogP contribution in [0.5, 0.6) is 0 Å². The highest BCUT2D eigenvalue weighted by atomic mass is 32.2. The molecule has 0 bridgehead atoms. The molecule has 0 atom stereocenters. The fourth-order valence-corrected chi connectivity index (χ4v) is 2.17. The van der Waals surface area contributed by atoms with E-state index in [4.69, 9.17) is 5.11 Å².